The topological polar surface area (TPSA) is 363 Å². The number of nitrogens with two attached hydrogens (primary N) is 1. The SMILES string of the molecule is CC[C@H](C)[C@@H]1NC(=O)[C@H](CS)NC(=O)[C@H](CS)NC(=O)[C@H](CCCCN)NC(=O)[C@H](CC(=O)O)NC(=O)[C@H](CC(=O)O)NC(=O)[C@H]([C@@H](C)CC)NC(=O)[C@H](C(C)C)NC(=O)[C@H](Cc2ccccc2)NC1=O. The molecule has 1 fully saturated rings. The van der Waals surface area contributed by atoms with E-state index in [2.05, 4.69) is 73.1 Å². The first-order valence-electron chi connectivity index (χ1n) is 23.6. The molecule has 1 aliphatic rings. The number of rotatable bonds is 17. The number of amides is 9. The number of carbonyl (C=O) groups excluding carboxylic acids is 9. The van der Waals surface area contributed by atoms with E-state index in [1.165, 1.54) is 0 Å². The predicted molar refractivity (Wildman–Crippen MR) is 266 cm³/mol. The molecular formula is C46H72N10O13S2. The van der Waals surface area contributed by atoms with Crippen molar-refractivity contribution in [1.82, 2.24) is 47.9 Å². The summed E-state index contributed by atoms with van der Waals surface area (Å²) in [4.78, 5) is 150. The van der Waals surface area contributed by atoms with E-state index < -0.39 is 150 Å². The number of carboxylic acid groups (broad SMARTS) is 2. The number of thiol groups is 2. The summed E-state index contributed by atoms with van der Waals surface area (Å²) in [6.45, 7) is 10.2. The standard InChI is InChI=1S/C46H72N10O13S2/c1-7-24(5)36-45(68)50-28(18-26-14-10-9-11-15-26)41(64)54-35(23(3)4)44(67)56-37(25(6)8-2)46(69)51-30(20-34(59)60)40(63)49-29(19-33(57)58)39(62)48-27(16-12-13-17-47)38(61)52-31(21-70)42(65)53-32(22-71)43(66)55-36/h9-11,14-15,23-25,27-32,35-37,70-71H,7-8,12-13,16-22,47H2,1-6H3,(H,48,62)(H,49,63)(H,50,68)(H,51,69)(H,52,61)(H,53,65)(H,54,64)(H,55,66)(H,56,67)(H,57,58)(H,59,60)/t24-,25-,27-,28-,29-,30-,31-,32-,35-,36-,37-/m0/s1. The third-order valence-corrected chi connectivity index (χ3v) is 12.7. The maximum absolute atomic E-state index is 14.3. The van der Waals surface area contributed by atoms with Crippen molar-refractivity contribution in [2.45, 2.75) is 147 Å². The van der Waals surface area contributed by atoms with Crippen LogP contribution in [-0.2, 0) is 59.2 Å². The van der Waals surface area contributed by atoms with E-state index in [1.807, 2.05) is 0 Å². The van der Waals surface area contributed by atoms with Gasteiger partial charge in [-0.2, -0.15) is 25.3 Å². The second-order valence-electron chi connectivity index (χ2n) is 17.9. The summed E-state index contributed by atoms with van der Waals surface area (Å²) in [6, 6.07) is -5.03. The highest BCUT2D eigenvalue weighted by Gasteiger charge is 2.39. The zero-order valence-corrected chi connectivity index (χ0v) is 42.7. The highest BCUT2D eigenvalue weighted by molar-refractivity contribution is 7.80. The van der Waals surface area contributed by atoms with E-state index >= 15 is 0 Å². The molecule has 13 N–H and O–H groups in total. The first kappa shape index (κ1) is 61.2. The van der Waals surface area contributed by atoms with Crippen LogP contribution in [0, 0.1) is 17.8 Å². The van der Waals surface area contributed by atoms with Gasteiger partial charge in [0.2, 0.25) is 53.2 Å². The number of nitrogens with one attached hydrogen (secondary N) is 9. The van der Waals surface area contributed by atoms with Crippen molar-refractivity contribution in [3.63, 3.8) is 0 Å². The molecule has 1 aromatic carbocycles. The zero-order valence-electron chi connectivity index (χ0n) is 41.0. The van der Waals surface area contributed by atoms with Crippen LogP contribution in [0.3, 0.4) is 0 Å². The molecular weight excluding hydrogens is 965 g/mol. The summed E-state index contributed by atoms with van der Waals surface area (Å²) in [6.07, 6.45) is -1.08. The summed E-state index contributed by atoms with van der Waals surface area (Å²) in [7, 11) is 0. The fraction of sp³-hybridized carbons (Fsp3) is 0.630. The summed E-state index contributed by atoms with van der Waals surface area (Å²) < 4.78 is 0. The quantitative estimate of drug-likeness (QED) is 0.0611. The Bertz CT molecular complexity index is 2030. The van der Waals surface area contributed by atoms with Gasteiger partial charge < -0.3 is 63.8 Å². The number of aliphatic carboxylic acids is 2. The third kappa shape index (κ3) is 20.0. The molecule has 2 rings (SSSR count). The van der Waals surface area contributed by atoms with Gasteiger partial charge in [-0.1, -0.05) is 84.7 Å². The number of carbonyl (C=O) groups is 11. The number of hydrogen-bond donors (Lipinski definition) is 14. The van der Waals surface area contributed by atoms with Gasteiger partial charge in [-0.25, -0.2) is 0 Å². The maximum atomic E-state index is 14.3. The highest BCUT2D eigenvalue weighted by Crippen LogP contribution is 2.15. The summed E-state index contributed by atoms with van der Waals surface area (Å²) >= 11 is 8.47. The number of unbranched alkanes of at least 4 members (excludes halogenated alkanes) is 1. The van der Waals surface area contributed by atoms with E-state index in [9.17, 15) is 63.0 Å². The second kappa shape index (κ2) is 30.7. The van der Waals surface area contributed by atoms with Crippen LogP contribution in [0.1, 0.15) is 92.1 Å². The lowest BCUT2D eigenvalue weighted by molar-refractivity contribution is -0.144. The number of benzene rings is 1. The molecule has 0 spiro atoms. The molecule has 0 aromatic heterocycles. The molecule has 396 valence electrons. The highest BCUT2D eigenvalue weighted by atomic mass is 32.1. The lowest BCUT2D eigenvalue weighted by Gasteiger charge is -2.31. The molecule has 1 aliphatic heterocycles. The van der Waals surface area contributed by atoms with Gasteiger partial charge >= 0.3 is 11.9 Å². The Hall–Kier alpha value is -5.95. The van der Waals surface area contributed by atoms with Crippen molar-refractivity contribution in [3.05, 3.63) is 35.9 Å². The van der Waals surface area contributed by atoms with Crippen molar-refractivity contribution in [2.75, 3.05) is 18.1 Å². The summed E-state index contributed by atoms with van der Waals surface area (Å²) in [5.41, 5.74) is 6.28. The van der Waals surface area contributed by atoms with E-state index in [4.69, 9.17) is 5.73 Å². The average Bonchev–Trinajstić information content (AvgIpc) is 3.32. The van der Waals surface area contributed by atoms with Gasteiger partial charge in [0.1, 0.15) is 54.4 Å². The normalized spacial score (nSPS) is 26.1. The molecule has 11 atom stereocenters. The Morgan fingerprint density at radius 2 is 0.859 bits per heavy atom. The van der Waals surface area contributed by atoms with Crippen LogP contribution in [0.15, 0.2) is 30.3 Å². The predicted octanol–water partition coefficient (Wildman–Crippen LogP) is -1.71. The van der Waals surface area contributed by atoms with Crippen LogP contribution in [0.5, 0.6) is 0 Å². The monoisotopic (exact) mass is 1040 g/mol. The van der Waals surface area contributed by atoms with Crippen molar-refractivity contribution in [3.8, 4) is 0 Å². The van der Waals surface area contributed by atoms with Crippen LogP contribution in [0.2, 0.25) is 0 Å². The van der Waals surface area contributed by atoms with Gasteiger partial charge in [-0.3, -0.25) is 52.7 Å². The van der Waals surface area contributed by atoms with Crippen LogP contribution in [0.4, 0.5) is 0 Å². The minimum atomic E-state index is -1.95. The van der Waals surface area contributed by atoms with E-state index in [1.54, 1.807) is 71.9 Å². The molecule has 23 nitrogen and oxygen atoms in total. The van der Waals surface area contributed by atoms with E-state index in [-0.39, 0.29) is 43.7 Å². The van der Waals surface area contributed by atoms with Crippen molar-refractivity contribution < 1.29 is 63.0 Å². The van der Waals surface area contributed by atoms with Crippen LogP contribution < -0.4 is 53.6 Å². The third-order valence-electron chi connectivity index (χ3n) is 12.0. The Balaban J connectivity index is 2.83. The average molecular weight is 1040 g/mol. The Kier molecular flexibility index (Phi) is 26.5. The lowest BCUT2D eigenvalue weighted by Crippen LogP contribution is -2.62. The Morgan fingerprint density at radius 1 is 0.507 bits per heavy atom. The van der Waals surface area contributed by atoms with Crippen molar-refractivity contribution >= 4 is 90.4 Å². The summed E-state index contributed by atoms with van der Waals surface area (Å²) in [5, 5.41) is 42.1. The fourth-order valence-electron chi connectivity index (χ4n) is 7.28. The van der Waals surface area contributed by atoms with Gasteiger partial charge in [-0.15, -0.1) is 0 Å². The largest absolute Gasteiger partial charge is 0.481 e. The molecule has 0 saturated carbocycles. The fourth-order valence-corrected chi connectivity index (χ4v) is 7.79. The molecule has 1 aromatic rings. The Morgan fingerprint density at radius 3 is 1.30 bits per heavy atom. The van der Waals surface area contributed by atoms with Gasteiger partial charge in [0, 0.05) is 17.9 Å². The van der Waals surface area contributed by atoms with Crippen molar-refractivity contribution in [1.29, 1.82) is 0 Å². The molecule has 9 amide bonds. The van der Waals surface area contributed by atoms with Crippen LogP contribution in [0.25, 0.3) is 0 Å². The zero-order chi connectivity index (χ0) is 53.5. The van der Waals surface area contributed by atoms with Crippen LogP contribution >= 0.6 is 25.3 Å². The molecule has 0 unspecified atom stereocenters. The molecule has 0 aliphatic carbocycles. The number of carboxylic acids is 2. The first-order valence-corrected chi connectivity index (χ1v) is 24.9. The van der Waals surface area contributed by atoms with E-state index in [0.717, 1.165) is 0 Å². The molecule has 71 heavy (non-hydrogen) atoms. The molecule has 25 heteroatoms. The van der Waals surface area contributed by atoms with Gasteiger partial charge in [-0.05, 0) is 49.1 Å². The van der Waals surface area contributed by atoms with Crippen LogP contribution in [-0.4, -0.2) is 148 Å². The smallest absolute Gasteiger partial charge is 0.305 e. The Labute approximate surface area is 424 Å². The summed E-state index contributed by atoms with van der Waals surface area (Å²) in [5.74, 6) is -14.4. The maximum Gasteiger partial charge on any atom is 0.305 e. The van der Waals surface area contributed by atoms with Crippen molar-refractivity contribution in [2.24, 2.45) is 23.5 Å². The van der Waals surface area contributed by atoms with E-state index in [0.29, 0.717) is 18.4 Å². The van der Waals surface area contributed by atoms with Gasteiger partial charge in [0.25, 0.3) is 0 Å². The molecule has 0 radical (unpaired) electrons. The minimum Gasteiger partial charge on any atom is -0.481 e. The molecule has 1 saturated heterocycles. The second-order valence-corrected chi connectivity index (χ2v) is 18.6. The lowest BCUT2D eigenvalue weighted by atomic mass is 9.95. The molecule has 0 bridgehead atoms. The van der Waals surface area contributed by atoms with Gasteiger partial charge in [0.15, 0.2) is 0 Å². The number of hydrogen-bond acceptors (Lipinski definition) is 14. The first-order chi connectivity index (χ1) is 33.5. The minimum absolute atomic E-state index is 0.0780. The van der Waals surface area contributed by atoms with Gasteiger partial charge in [0.05, 0.1) is 12.8 Å². The molecule has 1 heterocycles.